The second-order valence-corrected chi connectivity index (χ2v) is 13.2. The van der Waals surface area contributed by atoms with Crippen LogP contribution in [-0.2, 0) is 12.8 Å². The summed E-state index contributed by atoms with van der Waals surface area (Å²) in [6, 6.07) is 36.7. The first-order chi connectivity index (χ1) is 22.0. The van der Waals surface area contributed by atoms with Gasteiger partial charge in [-0.3, -0.25) is 24.3 Å². The van der Waals surface area contributed by atoms with Crippen LogP contribution in [0.4, 0.5) is 0 Å². The third-order valence-corrected chi connectivity index (χ3v) is 9.90. The molecule has 0 bridgehead atoms. The van der Waals surface area contributed by atoms with Crippen molar-refractivity contribution in [3.8, 4) is 0 Å². The van der Waals surface area contributed by atoms with Crippen molar-refractivity contribution < 1.29 is 9.59 Å². The molecule has 0 heterocycles. The first kappa shape index (κ1) is 35.0. The monoisotopic (exact) mass is 617 g/mol. The van der Waals surface area contributed by atoms with Crippen molar-refractivity contribution in [2.75, 3.05) is 42.3 Å². The average molecular weight is 618 g/mol. The lowest BCUT2D eigenvalue weighted by atomic mass is 9.79. The largest absolute Gasteiger partial charge is 0.299 e. The molecule has 2 unspecified atom stereocenters. The van der Waals surface area contributed by atoms with Crippen molar-refractivity contribution in [3.05, 3.63) is 143 Å². The van der Waals surface area contributed by atoms with Crippen molar-refractivity contribution >= 4 is 11.6 Å². The van der Waals surface area contributed by atoms with E-state index in [0.717, 1.165) is 22.3 Å². The lowest BCUT2D eigenvalue weighted by Gasteiger charge is -2.38. The first-order valence-corrected chi connectivity index (χ1v) is 16.4. The van der Waals surface area contributed by atoms with Gasteiger partial charge in [-0.05, 0) is 90.2 Å². The van der Waals surface area contributed by atoms with Crippen LogP contribution in [0.15, 0.2) is 109 Å². The minimum absolute atomic E-state index is 0.0310. The maximum absolute atomic E-state index is 14.1. The number of carbonyl (C=O) groups excluding carboxylic acids is 2. The van der Waals surface area contributed by atoms with Gasteiger partial charge in [-0.2, -0.15) is 0 Å². The lowest BCUT2D eigenvalue weighted by Crippen LogP contribution is -2.52. The topological polar surface area (TPSA) is 43.9 Å². The van der Waals surface area contributed by atoms with Gasteiger partial charge in [0.1, 0.15) is 0 Å². The molecule has 0 fully saturated rings. The minimum atomic E-state index is -0.632. The molecule has 46 heavy (non-hydrogen) atoms. The van der Waals surface area contributed by atoms with Crippen LogP contribution in [-0.4, -0.2) is 79.6 Å². The number of nitrogens with zero attached hydrogens (tertiary/aromatic N) is 3. The van der Waals surface area contributed by atoms with E-state index < -0.39 is 11.1 Å². The van der Waals surface area contributed by atoms with E-state index in [-0.39, 0.29) is 17.6 Å². The predicted molar refractivity (Wildman–Crippen MR) is 191 cm³/mol. The minimum Gasteiger partial charge on any atom is -0.299 e. The van der Waals surface area contributed by atoms with Crippen molar-refractivity contribution in [3.63, 3.8) is 0 Å². The fraction of sp³-hybridized carbons (Fsp3) is 0.366. The Hall–Kier alpha value is -3.90. The zero-order chi connectivity index (χ0) is 33.5. The van der Waals surface area contributed by atoms with Gasteiger partial charge in [0.05, 0.1) is 17.1 Å². The van der Waals surface area contributed by atoms with Gasteiger partial charge < -0.3 is 0 Å². The van der Waals surface area contributed by atoms with E-state index in [2.05, 4.69) is 91.2 Å². The quantitative estimate of drug-likeness (QED) is 0.129. The molecule has 4 aromatic rings. The second kappa shape index (κ2) is 15.1. The number of Topliss-reactive ketones (excluding diaryl/α,β-unsaturated/α-hetero) is 2. The Labute approximate surface area is 276 Å². The van der Waals surface area contributed by atoms with Crippen LogP contribution in [0.5, 0.6) is 0 Å². The van der Waals surface area contributed by atoms with Crippen molar-refractivity contribution in [2.45, 2.75) is 56.7 Å². The van der Waals surface area contributed by atoms with Gasteiger partial charge in [-0.15, -0.1) is 0 Å². The van der Waals surface area contributed by atoms with Gasteiger partial charge in [-0.25, -0.2) is 0 Å². The van der Waals surface area contributed by atoms with E-state index in [1.165, 1.54) is 0 Å². The second-order valence-electron chi connectivity index (χ2n) is 13.2. The van der Waals surface area contributed by atoms with Gasteiger partial charge in [-0.1, -0.05) is 123 Å². The highest BCUT2D eigenvalue weighted by Gasteiger charge is 2.40. The molecule has 5 nitrogen and oxygen atoms in total. The fourth-order valence-corrected chi connectivity index (χ4v) is 6.91. The molecule has 0 saturated carbocycles. The summed E-state index contributed by atoms with van der Waals surface area (Å²) >= 11 is 0. The molecule has 0 N–H and O–H groups in total. The molecule has 0 spiro atoms. The van der Waals surface area contributed by atoms with Gasteiger partial charge in [0.15, 0.2) is 11.6 Å². The maximum atomic E-state index is 14.1. The van der Waals surface area contributed by atoms with Crippen molar-refractivity contribution in [1.29, 1.82) is 0 Å². The van der Waals surface area contributed by atoms with E-state index >= 15 is 0 Å². The summed E-state index contributed by atoms with van der Waals surface area (Å²) < 4.78 is 0. The van der Waals surface area contributed by atoms with Gasteiger partial charge in [0, 0.05) is 11.1 Å². The summed E-state index contributed by atoms with van der Waals surface area (Å²) in [7, 11) is 12.1. The normalized spacial score (nSPS) is 15.0. The molecular formula is C41H51N3O2. The fourth-order valence-electron chi connectivity index (χ4n) is 6.91. The Morgan fingerprint density at radius 2 is 0.848 bits per heavy atom. The number of hydrogen-bond donors (Lipinski definition) is 0. The summed E-state index contributed by atoms with van der Waals surface area (Å²) in [5.74, 6) is 0.269. The Morgan fingerprint density at radius 3 is 1.11 bits per heavy atom. The average Bonchev–Trinajstić information content (AvgIpc) is 3.07. The highest BCUT2D eigenvalue weighted by molar-refractivity contribution is 6.04. The van der Waals surface area contributed by atoms with Crippen LogP contribution in [0.2, 0.25) is 0 Å². The molecule has 5 heteroatoms. The maximum Gasteiger partial charge on any atom is 0.183 e. The van der Waals surface area contributed by atoms with Crippen LogP contribution in [0.1, 0.15) is 75.7 Å². The standard InChI is InChI=1S/C41H51N3O2/c1-9-40(43(5)6,29-31-17-13-11-14-18-31)38(45)35-25-21-33(22-26-35)37(42(3)4)34-23-27-36(28-24-34)39(46)41(10-2,44(7)8)30-32-19-15-12-16-20-32/h11-28,37H,9-10,29-30H2,1-8H3. The third-order valence-electron chi connectivity index (χ3n) is 9.90. The zero-order valence-corrected chi connectivity index (χ0v) is 29.0. The summed E-state index contributed by atoms with van der Waals surface area (Å²) in [4.78, 5) is 34.5. The number of benzene rings is 4. The molecular weight excluding hydrogens is 566 g/mol. The first-order valence-electron chi connectivity index (χ1n) is 16.4. The molecule has 242 valence electrons. The van der Waals surface area contributed by atoms with Crippen LogP contribution in [0.25, 0.3) is 0 Å². The van der Waals surface area contributed by atoms with Crippen molar-refractivity contribution in [2.24, 2.45) is 0 Å². The molecule has 0 aliphatic heterocycles. The SMILES string of the molecule is CCC(Cc1ccccc1)(C(=O)c1ccc(C(c2ccc(C(=O)C(CC)(Cc3ccccc3)N(C)C)cc2)N(C)C)cc1)N(C)C. The van der Waals surface area contributed by atoms with Crippen LogP contribution >= 0.6 is 0 Å². The summed E-state index contributed by atoms with van der Waals surface area (Å²) in [6.45, 7) is 4.19. The molecule has 4 rings (SSSR count). The highest BCUT2D eigenvalue weighted by atomic mass is 16.1. The number of rotatable bonds is 15. The molecule has 0 aliphatic rings. The van der Waals surface area contributed by atoms with Crippen LogP contribution in [0, 0.1) is 0 Å². The third kappa shape index (κ3) is 7.23. The number of hydrogen-bond acceptors (Lipinski definition) is 5. The Kier molecular flexibility index (Phi) is 11.5. The molecule has 0 aliphatic carbocycles. The van der Waals surface area contributed by atoms with E-state index in [4.69, 9.17) is 0 Å². The summed E-state index contributed by atoms with van der Waals surface area (Å²) in [5, 5.41) is 0. The smallest absolute Gasteiger partial charge is 0.183 e. The van der Waals surface area contributed by atoms with E-state index in [1.54, 1.807) is 0 Å². The molecule has 0 aromatic heterocycles. The highest BCUT2D eigenvalue weighted by Crippen LogP contribution is 2.32. The Bertz CT molecular complexity index is 1450. The molecule has 4 aromatic carbocycles. The van der Waals surface area contributed by atoms with Crippen LogP contribution < -0.4 is 0 Å². The van der Waals surface area contributed by atoms with E-state index in [1.807, 2.05) is 88.9 Å². The van der Waals surface area contributed by atoms with Crippen molar-refractivity contribution in [1.82, 2.24) is 14.7 Å². The van der Waals surface area contributed by atoms with Gasteiger partial charge >= 0.3 is 0 Å². The Balaban J connectivity index is 1.60. The van der Waals surface area contributed by atoms with E-state index in [9.17, 15) is 9.59 Å². The molecule has 0 radical (unpaired) electrons. The molecule has 2 atom stereocenters. The number of likely N-dealkylation sites (N-methyl/N-ethyl adjacent to an activating group) is 2. The van der Waals surface area contributed by atoms with Crippen LogP contribution in [0.3, 0.4) is 0 Å². The van der Waals surface area contributed by atoms with Gasteiger partial charge in [0.2, 0.25) is 0 Å². The molecule has 0 amide bonds. The number of ketones is 2. The zero-order valence-electron chi connectivity index (χ0n) is 29.0. The predicted octanol–water partition coefficient (Wildman–Crippen LogP) is 7.61. The summed E-state index contributed by atoms with van der Waals surface area (Å²) in [6.07, 6.45) is 2.72. The number of carbonyl (C=O) groups is 2. The summed E-state index contributed by atoms with van der Waals surface area (Å²) in [5.41, 5.74) is 4.66. The lowest BCUT2D eigenvalue weighted by molar-refractivity contribution is 0.0661. The Morgan fingerprint density at radius 1 is 0.522 bits per heavy atom. The van der Waals surface area contributed by atoms with E-state index in [0.29, 0.717) is 36.8 Å². The molecule has 0 saturated heterocycles. The van der Waals surface area contributed by atoms with Gasteiger partial charge in [0.25, 0.3) is 0 Å².